The molecule has 21 heavy (non-hydrogen) atoms. The fourth-order valence-electron chi connectivity index (χ4n) is 2.63. The number of piperidine rings is 1. The maximum atomic E-state index is 10.7. The summed E-state index contributed by atoms with van der Waals surface area (Å²) in [6.07, 6.45) is 1.33. The minimum Gasteiger partial charge on any atom is -0.497 e. The van der Waals surface area contributed by atoms with Crippen LogP contribution in [0.4, 0.5) is 0 Å². The summed E-state index contributed by atoms with van der Waals surface area (Å²) in [6, 6.07) is 9.47. The van der Waals surface area contributed by atoms with Crippen molar-refractivity contribution in [3.63, 3.8) is 0 Å². The number of aromatic nitrogens is 1. The van der Waals surface area contributed by atoms with E-state index in [1.165, 1.54) is 0 Å². The first kappa shape index (κ1) is 14.1. The van der Waals surface area contributed by atoms with Gasteiger partial charge in [0.2, 0.25) is 0 Å². The van der Waals surface area contributed by atoms with Gasteiger partial charge in [-0.15, -0.1) is 0 Å². The zero-order valence-corrected chi connectivity index (χ0v) is 12.4. The molecule has 2 aromatic rings. The lowest BCUT2D eigenvalue weighted by Gasteiger charge is -2.34. The zero-order chi connectivity index (χ0) is 14.9. The molecule has 5 heteroatoms. The van der Waals surface area contributed by atoms with Gasteiger partial charge < -0.3 is 19.3 Å². The van der Waals surface area contributed by atoms with E-state index >= 15 is 0 Å². The molecule has 0 spiro atoms. The first-order valence-electron chi connectivity index (χ1n) is 7.13. The van der Waals surface area contributed by atoms with Crippen LogP contribution in [0.3, 0.4) is 0 Å². The monoisotopic (exact) mass is 288 g/mol. The molecular weight excluding hydrogens is 268 g/mol. The molecule has 1 aliphatic heterocycles. The van der Waals surface area contributed by atoms with Gasteiger partial charge in [-0.2, -0.15) is 0 Å². The minimum absolute atomic E-state index is 0.557. The number of likely N-dealkylation sites (tertiary alicyclic amines) is 1. The Morgan fingerprint density at radius 1 is 1.24 bits per heavy atom. The van der Waals surface area contributed by atoms with Gasteiger partial charge in [-0.05, 0) is 44.2 Å². The van der Waals surface area contributed by atoms with Crippen molar-refractivity contribution in [2.45, 2.75) is 18.4 Å². The van der Waals surface area contributed by atoms with E-state index in [0.717, 1.165) is 30.1 Å². The lowest BCUT2D eigenvalue weighted by molar-refractivity contribution is -0.0407. The van der Waals surface area contributed by atoms with Crippen molar-refractivity contribution in [2.75, 3.05) is 27.2 Å². The summed E-state index contributed by atoms with van der Waals surface area (Å²) >= 11 is 0. The molecule has 1 saturated heterocycles. The molecule has 0 aliphatic carbocycles. The van der Waals surface area contributed by atoms with Gasteiger partial charge in [-0.1, -0.05) is 5.16 Å². The van der Waals surface area contributed by atoms with Crippen LogP contribution in [0.2, 0.25) is 0 Å². The van der Waals surface area contributed by atoms with E-state index < -0.39 is 5.60 Å². The van der Waals surface area contributed by atoms with Gasteiger partial charge in [0.25, 0.3) is 0 Å². The number of methoxy groups -OCH3 is 1. The molecule has 112 valence electrons. The van der Waals surface area contributed by atoms with Crippen molar-refractivity contribution >= 4 is 0 Å². The molecule has 1 aromatic heterocycles. The summed E-state index contributed by atoms with van der Waals surface area (Å²) in [4.78, 5) is 2.20. The highest BCUT2D eigenvalue weighted by Crippen LogP contribution is 2.34. The highest BCUT2D eigenvalue weighted by molar-refractivity contribution is 5.60. The minimum atomic E-state index is -0.899. The average molecular weight is 288 g/mol. The van der Waals surface area contributed by atoms with Crippen LogP contribution in [0.15, 0.2) is 34.9 Å². The molecule has 0 saturated carbocycles. The molecule has 0 bridgehead atoms. The third-order valence-corrected chi connectivity index (χ3v) is 4.17. The smallest absolute Gasteiger partial charge is 0.168 e. The van der Waals surface area contributed by atoms with Crippen LogP contribution >= 0.6 is 0 Å². The lowest BCUT2D eigenvalue weighted by Crippen LogP contribution is -2.40. The summed E-state index contributed by atoms with van der Waals surface area (Å²) in [5, 5.41) is 14.8. The molecule has 5 nitrogen and oxygen atoms in total. The van der Waals surface area contributed by atoms with Crippen molar-refractivity contribution in [3.8, 4) is 17.0 Å². The standard InChI is InChI=1S/C16H20N2O3/c1-18-9-7-16(19,8-10-18)15-11-14(17-21-15)12-3-5-13(20-2)6-4-12/h3-6,11,19H,7-10H2,1-2H3. The summed E-state index contributed by atoms with van der Waals surface area (Å²) in [5.41, 5.74) is 0.784. The predicted molar refractivity (Wildman–Crippen MR) is 79.1 cm³/mol. The molecule has 0 atom stereocenters. The Morgan fingerprint density at radius 3 is 2.52 bits per heavy atom. The number of nitrogens with zero attached hydrogens (tertiary/aromatic N) is 2. The number of rotatable bonds is 3. The maximum absolute atomic E-state index is 10.7. The SMILES string of the molecule is COc1ccc(-c2cc(C3(O)CCN(C)CC3)on2)cc1. The molecule has 1 fully saturated rings. The van der Waals surface area contributed by atoms with Gasteiger partial charge in [0.05, 0.1) is 7.11 Å². The molecule has 2 heterocycles. The van der Waals surface area contributed by atoms with Crippen LogP contribution in [0.25, 0.3) is 11.3 Å². The fourth-order valence-corrected chi connectivity index (χ4v) is 2.63. The predicted octanol–water partition coefficient (Wildman–Crippen LogP) is 2.26. The second-order valence-corrected chi connectivity index (χ2v) is 5.64. The van der Waals surface area contributed by atoms with E-state index in [-0.39, 0.29) is 0 Å². The Kier molecular flexibility index (Phi) is 3.69. The van der Waals surface area contributed by atoms with Crippen LogP contribution < -0.4 is 4.74 Å². The molecule has 0 radical (unpaired) electrons. The maximum Gasteiger partial charge on any atom is 0.168 e. The molecule has 0 unspecified atom stereocenters. The fraction of sp³-hybridized carbons (Fsp3) is 0.438. The van der Waals surface area contributed by atoms with Crippen molar-refractivity contribution in [3.05, 3.63) is 36.1 Å². The Hall–Kier alpha value is -1.85. The van der Waals surface area contributed by atoms with Crippen molar-refractivity contribution < 1.29 is 14.4 Å². The number of hydrogen-bond donors (Lipinski definition) is 1. The summed E-state index contributed by atoms with van der Waals surface area (Å²) in [5.74, 6) is 1.36. The van der Waals surface area contributed by atoms with Crippen LogP contribution in [-0.4, -0.2) is 42.4 Å². The van der Waals surface area contributed by atoms with E-state index in [1.54, 1.807) is 7.11 Å². The lowest BCUT2D eigenvalue weighted by atomic mass is 9.89. The molecule has 1 N–H and O–H groups in total. The number of hydrogen-bond acceptors (Lipinski definition) is 5. The van der Waals surface area contributed by atoms with Crippen LogP contribution in [0.1, 0.15) is 18.6 Å². The quantitative estimate of drug-likeness (QED) is 0.939. The van der Waals surface area contributed by atoms with E-state index in [4.69, 9.17) is 9.26 Å². The molecule has 3 rings (SSSR count). The first-order chi connectivity index (χ1) is 10.1. The number of benzene rings is 1. The van der Waals surface area contributed by atoms with Gasteiger partial charge in [0.15, 0.2) is 5.76 Å². The van der Waals surface area contributed by atoms with E-state index in [2.05, 4.69) is 17.1 Å². The Bertz CT molecular complexity index is 598. The average Bonchev–Trinajstić information content (AvgIpc) is 3.01. The normalized spacial score (nSPS) is 18.6. The number of ether oxygens (including phenoxy) is 1. The Morgan fingerprint density at radius 2 is 1.90 bits per heavy atom. The third kappa shape index (κ3) is 2.80. The van der Waals surface area contributed by atoms with E-state index in [1.807, 2.05) is 30.3 Å². The molecule has 0 amide bonds. The van der Waals surface area contributed by atoms with Gasteiger partial charge in [-0.25, -0.2) is 0 Å². The van der Waals surface area contributed by atoms with Crippen LogP contribution in [-0.2, 0) is 5.60 Å². The van der Waals surface area contributed by atoms with Gasteiger partial charge >= 0.3 is 0 Å². The van der Waals surface area contributed by atoms with Crippen LogP contribution in [0, 0.1) is 0 Å². The third-order valence-electron chi connectivity index (χ3n) is 4.17. The van der Waals surface area contributed by atoms with Gasteiger partial charge in [0.1, 0.15) is 17.0 Å². The Balaban J connectivity index is 1.82. The number of aliphatic hydroxyl groups is 1. The first-order valence-corrected chi connectivity index (χ1v) is 7.13. The highest BCUT2D eigenvalue weighted by atomic mass is 16.5. The van der Waals surface area contributed by atoms with Crippen molar-refractivity contribution in [1.29, 1.82) is 0 Å². The molecular formula is C16H20N2O3. The van der Waals surface area contributed by atoms with Crippen molar-refractivity contribution in [2.24, 2.45) is 0 Å². The van der Waals surface area contributed by atoms with E-state index in [0.29, 0.717) is 18.6 Å². The molecule has 1 aromatic carbocycles. The van der Waals surface area contributed by atoms with Gasteiger partial charge in [-0.3, -0.25) is 0 Å². The van der Waals surface area contributed by atoms with Gasteiger partial charge in [0, 0.05) is 24.7 Å². The van der Waals surface area contributed by atoms with Crippen LogP contribution in [0.5, 0.6) is 5.75 Å². The molecule has 1 aliphatic rings. The van der Waals surface area contributed by atoms with E-state index in [9.17, 15) is 5.11 Å². The zero-order valence-electron chi connectivity index (χ0n) is 12.4. The summed E-state index contributed by atoms with van der Waals surface area (Å²) in [7, 11) is 3.70. The second-order valence-electron chi connectivity index (χ2n) is 5.64. The largest absolute Gasteiger partial charge is 0.497 e. The van der Waals surface area contributed by atoms with Crippen molar-refractivity contribution in [1.82, 2.24) is 10.1 Å². The highest BCUT2D eigenvalue weighted by Gasteiger charge is 2.36. The second kappa shape index (κ2) is 5.50. The Labute approximate surface area is 124 Å². The summed E-state index contributed by atoms with van der Waals surface area (Å²) in [6.45, 7) is 1.71. The summed E-state index contributed by atoms with van der Waals surface area (Å²) < 4.78 is 10.5. The topological polar surface area (TPSA) is 58.7 Å².